The molecule has 0 saturated carbocycles. The molecule has 0 bridgehead atoms. The van der Waals surface area contributed by atoms with Crippen molar-refractivity contribution in [3.05, 3.63) is 12.2 Å². The Morgan fingerprint density at radius 1 is 1.57 bits per heavy atom. The van der Waals surface area contributed by atoms with Crippen molar-refractivity contribution >= 4 is 11.6 Å². The largest absolute Gasteiger partial charge is 0.376 e. The smallest absolute Gasteiger partial charge is 0.147 e. The van der Waals surface area contributed by atoms with E-state index in [9.17, 15) is 0 Å². The van der Waals surface area contributed by atoms with Gasteiger partial charge in [0, 0.05) is 6.61 Å². The first-order chi connectivity index (χ1) is 6.90. The van der Waals surface area contributed by atoms with E-state index in [1.807, 2.05) is 4.57 Å². The predicted octanol–water partition coefficient (Wildman–Crippen LogP) is 1.59. The van der Waals surface area contributed by atoms with E-state index >= 15 is 0 Å². The fourth-order valence-corrected chi connectivity index (χ4v) is 1.91. The monoisotopic (exact) mass is 215 g/mol. The second-order valence-corrected chi connectivity index (χ2v) is 3.79. The SMILES string of the molecule is ClCc1nncn1CC1CCCCO1. The van der Waals surface area contributed by atoms with Crippen molar-refractivity contribution in [2.24, 2.45) is 0 Å². The van der Waals surface area contributed by atoms with Crippen LogP contribution in [0.25, 0.3) is 0 Å². The second kappa shape index (κ2) is 4.75. The first kappa shape index (κ1) is 9.93. The average Bonchev–Trinajstić information content (AvgIpc) is 2.67. The lowest BCUT2D eigenvalue weighted by molar-refractivity contribution is 0.00558. The summed E-state index contributed by atoms with van der Waals surface area (Å²) in [6.07, 6.45) is 5.58. The minimum Gasteiger partial charge on any atom is -0.376 e. The topological polar surface area (TPSA) is 39.9 Å². The molecule has 1 fully saturated rings. The summed E-state index contributed by atoms with van der Waals surface area (Å²) in [7, 11) is 0. The molecule has 0 radical (unpaired) electrons. The normalized spacial score (nSPS) is 22.5. The van der Waals surface area contributed by atoms with E-state index in [4.69, 9.17) is 16.3 Å². The molecule has 1 aliphatic rings. The first-order valence-corrected chi connectivity index (χ1v) is 5.48. The Bertz CT molecular complexity index is 283. The van der Waals surface area contributed by atoms with Crippen molar-refractivity contribution in [3.8, 4) is 0 Å². The number of ether oxygens (including phenoxy) is 1. The van der Waals surface area contributed by atoms with Crippen LogP contribution in [0.15, 0.2) is 6.33 Å². The molecular formula is C9H14ClN3O. The summed E-state index contributed by atoms with van der Waals surface area (Å²) in [6, 6.07) is 0. The highest BCUT2D eigenvalue weighted by Gasteiger charge is 2.15. The van der Waals surface area contributed by atoms with Gasteiger partial charge in [-0.1, -0.05) is 0 Å². The molecule has 1 unspecified atom stereocenters. The minimum atomic E-state index is 0.307. The summed E-state index contributed by atoms with van der Waals surface area (Å²) in [6.45, 7) is 1.71. The highest BCUT2D eigenvalue weighted by atomic mass is 35.5. The fourth-order valence-electron chi connectivity index (χ4n) is 1.71. The molecule has 0 N–H and O–H groups in total. The summed E-state index contributed by atoms with van der Waals surface area (Å²) in [5, 5.41) is 7.76. The summed E-state index contributed by atoms with van der Waals surface area (Å²) in [5.74, 6) is 1.23. The van der Waals surface area contributed by atoms with Crippen LogP contribution in [0, 0.1) is 0 Å². The number of halogens is 1. The summed E-state index contributed by atoms with van der Waals surface area (Å²) < 4.78 is 7.61. The van der Waals surface area contributed by atoms with Crippen LogP contribution in [-0.4, -0.2) is 27.5 Å². The zero-order valence-electron chi connectivity index (χ0n) is 8.03. The Morgan fingerprint density at radius 3 is 3.21 bits per heavy atom. The third-order valence-electron chi connectivity index (χ3n) is 2.49. The molecule has 2 heterocycles. The van der Waals surface area contributed by atoms with Crippen LogP contribution in [0.4, 0.5) is 0 Å². The molecular weight excluding hydrogens is 202 g/mol. The van der Waals surface area contributed by atoms with Gasteiger partial charge in [0.15, 0.2) is 0 Å². The van der Waals surface area contributed by atoms with Crippen molar-refractivity contribution in [1.29, 1.82) is 0 Å². The molecule has 5 heteroatoms. The van der Waals surface area contributed by atoms with E-state index in [1.54, 1.807) is 6.33 Å². The summed E-state index contributed by atoms with van der Waals surface area (Å²) in [4.78, 5) is 0. The third kappa shape index (κ3) is 2.25. The van der Waals surface area contributed by atoms with Gasteiger partial charge in [-0.3, -0.25) is 0 Å². The minimum absolute atomic E-state index is 0.307. The van der Waals surface area contributed by atoms with Crippen LogP contribution in [0.5, 0.6) is 0 Å². The highest BCUT2D eigenvalue weighted by molar-refractivity contribution is 6.16. The Balaban J connectivity index is 1.95. The Hall–Kier alpha value is -0.610. The Kier molecular flexibility index (Phi) is 3.37. The zero-order chi connectivity index (χ0) is 9.80. The van der Waals surface area contributed by atoms with Crippen LogP contribution in [-0.2, 0) is 17.2 Å². The molecule has 78 valence electrons. The lowest BCUT2D eigenvalue weighted by atomic mass is 10.1. The molecule has 0 amide bonds. The molecule has 1 aromatic rings. The van der Waals surface area contributed by atoms with Crippen LogP contribution >= 0.6 is 11.6 Å². The maximum atomic E-state index is 5.73. The quantitative estimate of drug-likeness (QED) is 0.719. The van der Waals surface area contributed by atoms with Crippen LogP contribution in [0.2, 0.25) is 0 Å². The summed E-state index contributed by atoms with van der Waals surface area (Å²) >= 11 is 5.73. The number of rotatable bonds is 3. The second-order valence-electron chi connectivity index (χ2n) is 3.52. The first-order valence-electron chi connectivity index (χ1n) is 4.94. The van der Waals surface area contributed by atoms with Gasteiger partial charge >= 0.3 is 0 Å². The molecule has 0 spiro atoms. The third-order valence-corrected chi connectivity index (χ3v) is 2.73. The van der Waals surface area contributed by atoms with Crippen molar-refractivity contribution in [2.45, 2.75) is 37.8 Å². The van der Waals surface area contributed by atoms with Gasteiger partial charge in [0.05, 0.1) is 18.5 Å². The van der Waals surface area contributed by atoms with Crippen LogP contribution in [0.3, 0.4) is 0 Å². The van der Waals surface area contributed by atoms with Gasteiger partial charge in [-0.2, -0.15) is 0 Å². The van der Waals surface area contributed by atoms with E-state index in [0.717, 1.165) is 25.4 Å². The van der Waals surface area contributed by atoms with E-state index < -0.39 is 0 Å². The molecule has 1 aliphatic heterocycles. The maximum absolute atomic E-state index is 5.73. The molecule has 14 heavy (non-hydrogen) atoms. The lowest BCUT2D eigenvalue weighted by Gasteiger charge is -2.23. The Labute approximate surface area is 88.2 Å². The van der Waals surface area contributed by atoms with Crippen LogP contribution < -0.4 is 0 Å². The van der Waals surface area contributed by atoms with Gasteiger partial charge < -0.3 is 9.30 Å². The number of alkyl halides is 1. The van der Waals surface area contributed by atoms with Crippen molar-refractivity contribution < 1.29 is 4.74 Å². The van der Waals surface area contributed by atoms with Crippen molar-refractivity contribution in [3.63, 3.8) is 0 Å². The highest BCUT2D eigenvalue weighted by Crippen LogP contribution is 2.15. The predicted molar refractivity (Wildman–Crippen MR) is 53.2 cm³/mol. The van der Waals surface area contributed by atoms with Gasteiger partial charge in [-0.05, 0) is 19.3 Å². The molecule has 0 aliphatic carbocycles. The lowest BCUT2D eigenvalue weighted by Crippen LogP contribution is -2.24. The molecule has 1 atom stereocenters. The number of aromatic nitrogens is 3. The molecule has 2 rings (SSSR count). The molecule has 4 nitrogen and oxygen atoms in total. The maximum Gasteiger partial charge on any atom is 0.147 e. The van der Waals surface area contributed by atoms with Gasteiger partial charge in [0.1, 0.15) is 12.2 Å². The van der Waals surface area contributed by atoms with E-state index in [1.165, 1.54) is 12.8 Å². The molecule has 0 aromatic carbocycles. The van der Waals surface area contributed by atoms with E-state index in [0.29, 0.717) is 12.0 Å². The zero-order valence-corrected chi connectivity index (χ0v) is 8.78. The van der Waals surface area contributed by atoms with Gasteiger partial charge in [-0.15, -0.1) is 21.8 Å². The van der Waals surface area contributed by atoms with E-state index in [2.05, 4.69) is 10.2 Å². The molecule has 1 saturated heterocycles. The average molecular weight is 216 g/mol. The number of hydrogen-bond acceptors (Lipinski definition) is 3. The standard InChI is InChI=1S/C9H14ClN3O/c10-5-9-12-11-7-13(9)6-8-3-1-2-4-14-8/h7-8H,1-6H2. The molecule has 1 aromatic heterocycles. The Morgan fingerprint density at radius 2 is 2.50 bits per heavy atom. The van der Waals surface area contributed by atoms with Gasteiger partial charge in [0.25, 0.3) is 0 Å². The van der Waals surface area contributed by atoms with Crippen LogP contribution in [0.1, 0.15) is 25.1 Å². The van der Waals surface area contributed by atoms with Crippen molar-refractivity contribution in [1.82, 2.24) is 14.8 Å². The number of hydrogen-bond donors (Lipinski definition) is 0. The van der Waals surface area contributed by atoms with Gasteiger partial charge in [0.2, 0.25) is 0 Å². The fraction of sp³-hybridized carbons (Fsp3) is 0.778. The van der Waals surface area contributed by atoms with E-state index in [-0.39, 0.29) is 0 Å². The number of nitrogens with zero attached hydrogens (tertiary/aromatic N) is 3. The summed E-state index contributed by atoms with van der Waals surface area (Å²) in [5.41, 5.74) is 0. The van der Waals surface area contributed by atoms with Gasteiger partial charge in [-0.25, -0.2) is 0 Å². The van der Waals surface area contributed by atoms with Crippen molar-refractivity contribution in [2.75, 3.05) is 6.61 Å².